The van der Waals surface area contributed by atoms with E-state index >= 15 is 0 Å². The molecule has 0 bridgehead atoms. The molecule has 0 unspecified atom stereocenters. The summed E-state index contributed by atoms with van der Waals surface area (Å²) in [7, 11) is 1.92. The van der Waals surface area contributed by atoms with Crippen molar-refractivity contribution in [3.63, 3.8) is 0 Å². The van der Waals surface area contributed by atoms with Crippen LogP contribution in [0.15, 0.2) is 29.1 Å². The zero-order valence-electron chi connectivity index (χ0n) is 11.4. The first-order valence-corrected chi connectivity index (χ1v) is 6.36. The van der Waals surface area contributed by atoms with E-state index in [0.29, 0.717) is 13.1 Å². The van der Waals surface area contributed by atoms with Crippen LogP contribution in [0.1, 0.15) is 17.1 Å². The molecule has 0 aliphatic carbocycles. The highest BCUT2D eigenvalue weighted by Gasteiger charge is 2.11. The molecule has 3 aromatic rings. The van der Waals surface area contributed by atoms with Crippen molar-refractivity contribution in [1.82, 2.24) is 30.3 Å². The molecule has 7 nitrogen and oxygen atoms in total. The summed E-state index contributed by atoms with van der Waals surface area (Å²) in [5.74, 6) is 2.58. The van der Waals surface area contributed by atoms with Gasteiger partial charge in [-0.3, -0.25) is 5.10 Å². The molecule has 0 amide bonds. The van der Waals surface area contributed by atoms with Crippen molar-refractivity contribution >= 4 is 0 Å². The van der Waals surface area contributed by atoms with Crippen LogP contribution in [0, 0.1) is 6.92 Å². The van der Waals surface area contributed by atoms with E-state index in [4.69, 9.17) is 4.42 Å². The molecular weight excluding hydrogens is 256 g/mol. The van der Waals surface area contributed by atoms with Gasteiger partial charge in [-0.2, -0.15) is 5.10 Å². The van der Waals surface area contributed by atoms with Gasteiger partial charge in [-0.05, 0) is 19.1 Å². The second kappa shape index (κ2) is 5.30. The Morgan fingerprint density at radius 1 is 1.35 bits per heavy atom. The van der Waals surface area contributed by atoms with E-state index in [1.54, 1.807) is 12.5 Å². The first kappa shape index (κ1) is 12.6. The fourth-order valence-electron chi connectivity index (χ4n) is 2.00. The quantitative estimate of drug-likeness (QED) is 0.733. The first-order valence-electron chi connectivity index (χ1n) is 6.36. The molecule has 20 heavy (non-hydrogen) atoms. The van der Waals surface area contributed by atoms with Gasteiger partial charge >= 0.3 is 0 Å². The molecule has 3 rings (SSSR count). The van der Waals surface area contributed by atoms with E-state index < -0.39 is 0 Å². The largest absolute Gasteiger partial charge is 0.460 e. The molecular formula is C13H16N6O. The summed E-state index contributed by atoms with van der Waals surface area (Å²) < 4.78 is 7.50. The zero-order valence-corrected chi connectivity index (χ0v) is 11.4. The van der Waals surface area contributed by atoms with Gasteiger partial charge in [0.25, 0.3) is 0 Å². The Morgan fingerprint density at radius 2 is 2.25 bits per heavy atom. The lowest BCUT2D eigenvalue weighted by Crippen LogP contribution is -2.15. The minimum Gasteiger partial charge on any atom is -0.460 e. The number of aryl methyl sites for hydroxylation is 2. The Kier molecular flexibility index (Phi) is 3.34. The SMILES string of the molecule is Cc1ccc(-c2[nH]ncc2CNCc2nncn2C)o1. The molecule has 0 atom stereocenters. The van der Waals surface area contributed by atoms with Crippen molar-refractivity contribution in [3.05, 3.63) is 41.8 Å². The lowest BCUT2D eigenvalue weighted by atomic mass is 10.2. The van der Waals surface area contributed by atoms with Crippen LogP contribution >= 0.6 is 0 Å². The number of nitrogens with one attached hydrogen (secondary N) is 2. The van der Waals surface area contributed by atoms with Gasteiger partial charge in [0.05, 0.1) is 12.7 Å². The highest BCUT2D eigenvalue weighted by molar-refractivity contribution is 5.56. The predicted octanol–water partition coefficient (Wildman–Crippen LogP) is 1.40. The van der Waals surface area contributed by atoms with E-state index in [-0.39, 0.29) is 0 Å². The van der Waals surface area contributed by atoms with Gasteiger partial charge in [0.1, 0.15) is 23.6 Å². The number of hydrogen-bond donors (Lipinski definition) is 2. The third-order valence-electron chi connectivity index (χ3n) is 3.11. The van der Waals surface area contributed by atoms with Crippen molar-refractivity contribution in [2.24, 2.45) is 7.05 Å². The van der Waals surface area contributed by atoms with Crippen molar-refractivity contribution in [2.75, 3.05) is 0 Å². The molecule has 3 heterocycles. The van der Waals surface area contributed by atoms with Crippen LogP contribution < -0.4 is 5.32 Å². The average molecular weight is 272 g/mol. The summed E-state index contributed by atoms with van der Waals surface area (Å²) in [4.78, 5) is 0. The molecule has 3 aromatic heterocycles. The van der Waals surface area contributed by atoms with Crippen molar-refractivity contribution in [3.8, 4) is 11.5 Å². The molecule has 0 aliphatic heterocycles. The molecule has 0 spiro atoms. The maximum Gasteiger partial charge on any atom is 0.152 e. The molecule has 0 saturated heterocycles. The van der Waals surface area contributed by atoms with Gasteiger partial charge in [-0.25, -0.2) is 0 Å². The summed E-state index contributed by atoms with van der Waals surface area (Å²) in [6.45, 7) is 3.25. The Labute approximate surface area is 116 Å². The van der Waals surface area contributed by atoms with Gasteiger partial charge < -0.3 is 14.3 Å². The van der Waals surface area contributed by atoms with Crippen molar-refractivity contribution in [1.29, 1.82) is 0 Å². The summed E-state index contributed by atoms with van der Waals surface area (Å²) in [6.07, 6.45) is 3.49. The van der Waals surface area contributed by atoms with Gasteiger partial charge in [0.2, 0.25) is 0 Å². The van der Waals surface area contributed by atoms with Crippen LogP contribution in [0.4, 0.5) is 0 Å². The molecule has 0 fully saturated rings. The van der Waals surface area contributed by atoms with E-state index in [2.05, 4.69) is 25.7 Å². The predicted molar refractivity (Wildman–Crippen MR) is 72.6 cm³/mol. The van der Waals surface area contributed by atoms with Crippen LogP contribution in [0.3, 0.4) is 0 Å². The fourth-order valence-corrected chi connectivity index (χ4v) is 2.00. The van der Waals surface area contributed by atoms with Crippen LogP contribution in [-0.2, 0) is 20.1 Å². The van der Waals surface area contributed by atoms with Gasteiger partial charge in [0, 0.05) is 19.2 Å². The van der Waals surface area contributed by atoms with E-state index in [1.807, 2.05) is 30.7 Å². The number of aromatic nitrogens is 5. The summed E-state index contributed by atoms with van der Waals surface area (Å²) >= 11 is 0. The van der Waals surface area contributed by atoms with Gasteiger partial charge in [0.15, 0.2) is 5.76 Å². The zero-order chi connectivity index (χ0) is 13.9. The third kappa shape index (κ3) is 2.48. The van der Waals surface area contributed by atoms with Crippen LogP contribution in [-0.4, -0.2) is 25.0 Å². The molecule has 0 saturated carbocycles. The Hall–Kier alpha value is -2.41. The standard InChI is InChI=1S/C13H16N6O/c1-9-3-4-11(20-9)13-10(6-15-18-13)5-14-7-12-17-16-8-19(12)2/h3-4,6,8,14H,5,7H2,1-2H3,(H,15,18). The van der Waals surface area contributed by atoms with Crippen LogP contribution in [0.5, 0.6) is 0 Å². The smallest absolute Gasteiger partial charge is 0.152 e. The number of furan rings is 1. The summed E-state index contributed by atoms with van der Waals surface area (Å²) in [5, 5.41) is 18.3. The van der Waals surface area contributed by atoms with Crippen molar-refractivity contribution in [2.45, 2.75) is 20.0 Å². The number of H-pyrrole nitrogens is 1. The minimum absolute atomic E-state index is 0.651. The fraction of sp³-hybridized carbons (Fsp3) is 0.308. The van der Waals surface area contributed by atoms with Crippen LogP contribution in [0.25, 0.3) is 11.5 Å². The number of rotatable bonds is 5. The highest BCUT2D eigenvalue weighted by atomic mass is 16.3. The normalized spacial score (nSPS) is 11.1. The minimum atomic E-state index is 0.651. The van der Waals surface area contributed by atoms with Crippen LogP contribution in [0.2, 0.25) is 0 Å². The molecule has 0 aromatic carbocycles. The lowest BCUT2D eigenvalue weighted by molar-refractivity contribution is 0.545. The Bertz CT molecular complexity index is 695. The maximum absolute atomic E-state index is 5.61. The second-order valence-electron chi connectivity index (χ2n) is 4.64. The van der Waals surface area contributed by atoms with E-state index in [1.165, 1.54) is 0 Å². The van der Waals surface area contributed by atoms with E-state index in [0.717, 1.165) is 28.6 Å². The topological polar surface area (TPSA) is 84.6 Å². The molecule has 2 N–H and O–H groups in total. The monoisotopic (exact) mass is 272 g/mol. The molecule has 0 radical (unpaired) electrons. The molecule has 7 heteroatoms. The Balaban J connectivity index is 1.67. The van der Waals surface area contributed by atoms with Gasteiger partial charge in [-0.1, -0.05) is 0 Å². The first-order chi connectivity index (χ1) is 9.74. The molecule has 104 valence electrons. The molecule has 0 aliphatic rings. The summed E-state index contributed by atoms with van der Waals surface area (Å²) in [6, 6.07) is 3.88. The number of nitrogens with zero attached hydrogens (tertiary/aromatic N) is 4. The Morgan fingerprint density at radius 3 is 2.95 bits per heavy atom. The van der Waals surface area contributed by atoms with E-state index in [9.17, 15) is 0 Å². The average Bonchev–Trinajstić information content (AvgIpc) is 3.12. The summed E-state index contributed by atoms with van der Waals surface area (Å²) in [5.41, 5.74) is 1.96. The number of aromatic amines is 1. The van der Waals surface area contributed by atoms with Crippen molar-refractivity contribution < 1.29 is 4.42 Å². The van der Waals surface area contributed by atoms with Gasteiger partial charge in [-0.15, -0.1) is 10.2 Å². The second-order valence-corrected chi connectivity index (χ2v) is 4.64. The highest BCUT2D eigenvalue weighted by Crippen LogP contribution is 2.23. The number of hydrogen-bond acceptors (Lipinski definition) is 5. The lowest BCUT2D eigenvalue weighted by Gasteiger charge is -2.04. The maximum atomic E-state index is 5.61. The third-order valence-corrected chi connectivity index (χ3v) is 3.11.